The molecule has 8 heteroatoms. The highest BCUT2D eigenvalue weighted by Gasteiger charge is 2.45. The average molecular weight is 419 g/mol. The Bertz CT molecular complexity index is 961. The van der Waals surface area contributed by atoms with Gasteiger partial charge in [-0.3, -0.25) is 4.79 Å². The highest BCUT2D eigenvalue weighted by molar-refractivity contribution is 6.34. The van der Waals surface area contributed by atoms with E-state index in [0.717, 1.165) is 5.56 Å². The van der Waals surface area contributed by atoms with Gasteiger partial charge in [0.25, 0.3) is 0 Å². The minimum Gasteiger partial charge on any atom is -0.493 e. The average Bonchev–Trinajstić information content (AvgIpc) is 3.29. The number of rotatable bonds is 5. The van der Waals surface area contributed by atoms with Crippen molar-refractivity contribution in [2.45, 2.75) is 12.5 Å². The van der Waals surface area contributed by atoms with E-state index in [2.05, 4.69) is 5.16 Å². The minimum atomic E-state index is -0.449. The number of nitrogens with zero attached hydrogens (tertiary/aromatic N) is 2. The molecule has 6 nitrogen and oxygen atoms in total. The first-order chi connectivity index (χ1) is 14.0. The van der Waals surface area contributed by atoms with Crippen LogP contribution in [0.2, 0.25) is 5.02 Å². The maximum absolute atomic E-state index is 14.3. The van der Waals surface area contributed by atoms with Crippen molar-refractivity contribution in [1.82, 2.24) is 4.90 Å². The molecule has 0 N–H and O–H groups in total. The lowest BCUT2D eigenvalue weighted by atomic mass is 9.94. The Morgan fingerprint density at radius 2 is 2.03 bits per heavy atom. The second-order valence-corrected chi connectivity index (χ2v) is 7.40. The molecular weight excluding hydrogens is 399 g/mol. The van der Waals surface area contributed by atoms with Crippen molar-refractivity contribution in [2.24, 2.45) is 11.1 Å². The van der Waals surface area contributed by atoms with E-state index in [1.54, 1.807) is 43.4 Å². The third-order valence-corrected chi connectivity index (χ3v) is 5.59. The Hall–Kier alpha value is -2.80. The van der Waals surface area contributed by atoms with Crippen LogP contribution in [0.3, 0.4) is 0 Å². The molecule has 29 heavy (non-hydrogen) atoms. The van der Waals surface area contributed by atoms with Gasteiger partial charge in [-0.05, 0) is 29.8 Å². The normalized spacial score (nSPS) is 20.1. The van der Waals surface area contributed by atoms with Crippen molar-refractivity contribution in [3.63, 3.8) is 0 Å². The summed E-state index contributed by atoms with van der Waals surface area (Å²) in [6.45, 7) is 0.802. The molecule has 2 unspecified atom stereocenters. The SMILES string of the molecule is COc1ccc(CC(=O)N2CC3ON=C(c4c(F)cccc4Cl)C3C2)cc1OC. The zero-order valence-corrected chi connectivity index (χ0v) is 16.8. The van der Waals surface area contributed by atoms with Gasteiger partial charge < -0.3 is 19.2 Å². The molecule has 2 aromatic carbocycles. The van der Waals surface area contributed by atoms with Gasteiger partial charge in [0, 0.05) is 6.54 Å². The van der Waals surface area contributed by atoms with Crippen molar-refractivity contribution in [2.75, 3.05) is 27.3 Å². The molecule has 2 aliphatic heterocycles. The van der Waals surface area contributed by atoms with E-state index in [1.807, 2.05) is 6.07 Å². The number of amides is 1. The van der Waals surface area contributed by atoms with Crippen LogP contribution in [-0.2, 0) is 16.1 Å². The van der Waals surface area contributed by atoms with Gasteiger partial charge in [0.15, 0.2) is 17.6 Å². The van der Waals surface area contributed by atoms with Crippen LogP contribution in [0.15, 0.2) is 41.6 Å². The largest absolute Gasteiger partial charge is 0.493 e. The zero-order valence-electron chi connectivity index (χ0n) is 16.0. The first kappa shape index (κ1) is 19.5. The van der Waals surface area contributed by atoms with E-state index in [1.165, 1.54) is 6.07 Å². The molecule has 1 fully saturated rings. The number of fused-ring (bicyclic) bond motifs is 1. The minimum absolute atomic E-state index is 0.0470. The lowest BCUT2D eigenvalue weighted by molar-refractivity contribution is -0.130. The van der Waals surface area contributed by atoms with Crippen LogP contribution in [0.1, 0.15) is 11.1 Å². The molecule has 1 amide bonds. The fourth-order valence-corrected chi connectivity index (χ4v) is 4.05. The van der Waals surface area contributed by atoms with E-state index in [9.17, 15) is 9.18 Å². The summed E-state index contributed by atoms with van der Waals surface area (Å²) in [5.74, 6) is 0.474. The third kappa shape index (κ3) is 3.62. The standard InChI is InChI=1S/C21H20ClFN2O4/c1-27-16-7-6-12(8-17(16)28-2)9-19(26)25-10-13-18(11-25)29-24-21(13)20-14(22)4-3-5-15(20)23/h3-8,13,18H,9-11H2,1-2H3. The van der Waals surface area contributed by atoms with E-state index in [0.29, 0.717) is 30.3 Å². The monoisotopic (exact) mass is 418 g/mol. The van der Waals surface area contributed by atoms with Gasteiger partial charge in [0.1, 0.15) is 11.5 Å². The van der Waals surface area contributed by atoms with Crippen molar-refractivity contribution in [3.8, 4) is 11.5 Å². The van der Waals surface area contributed by atoms with Crippen LogP contribution < -0.4 is 9.47 Å². The lowest BCUT2D eigenvalue weighted by Gasteiger charge is -2.17. The number of hydrogen-bond acceptors (Lipinski definition) is 5. The number of oxime groups is 1. The first-order valence-electron chi connectivity index (χ1n) is 9.18. The summed E-state index contributed by atoms with van der Waals surface area (Å²) >= 11 is 6.18. The van der Waals surface area contributed by atoms with Crippen molar-refractivity contribution in [3.05, 3.63) is 58.4 Å². The molecule has 0 radical (unpaired) electrons. The Labute approximate surface area is 172 Å². The smallest absolute Gasteiger partial charge is 0.227 e. The fourth-order valence-electron chi connectivity index (χ4n) is 3.79. The summed E-state index contributed by atoms with van der Waals surface area (Å²) in [6.07, 6.45) is -0.0813. The number of carbonyl (C=O) groups excluding carboxylic acids is 1. The predicted octanol–water partition coefficient (Wildman–Crippen LogP) is 3.30. The molecule has 0 bridgehead atoms. The molecule has 4 rings (SSSR count). The van der Waals surface area contributed by atoms with Gasteiger partial charge in [-0.2, -0.15) is 0 Å². The number of benzene rings is 2. The van der Waals surface area contributed by atoms with Gasteiger partial charge in [0.2, 0.25) is 5.91 Å². The van der Waals surface area contributed by atoms with Crippen LogP contribution in [0.5, 0.6) is 11.5 Å². The third-order valence-electron chi connectivity index (χ3n) is 5.28. The van der Waals surface area contributed by atoms with Crippen LogP contribution in [0.25, 0.3) is 0 Å². The van der Waals surface area contributed by atoms with E-state index in [-0.39, 0.29) is 34.9 Å². The summed E-state index contributed by atoms with van der Waals surface area (Å²) in [5.41, 5.74) is 1.52. The quantitative estimate of drug-likeness (QED) is 0.747. The highest BCUT2D eigenvalue weighted by atomic mass is 35.5. The predicted molar refractivity (Wildman–Crippen MR) is 106 cm³/mol. The summed E-state index contributed by atoms with van der Waals surface area (Å²) in [6, 6.07) is 9.89. The molecule has 2 heterocycles. The Kier molecular flexibility index (Phi) is 5.32. The van der Waals surface area contributed by atoms with Gasteiger partial charge in [-0.25, -0.2) is 4.39 Å². The van der Waals surface area contributed by atoms with Crippen LogP contribution in [0, 0.1) is 11.7 Å². The number of carbonyl (C=O) groups is 1. The summed E-state index contributed by atoms with van der Waals surface area (Å²) < 4.78 is 24.8. The molecule has 2 aliphatic rings. The molecule has 0 spiro atoms. The molecule has 0 aromatic heterocycles. The van der Waals surface area contributed by atoms with Gasteiger partial charge in [0.05, 0.1) is 43.7 Å². The Morgan fingerprint density at radius 1 is 1.24 bits per heavy atom. The van der Waals surface area contributed by atoms with Crippen LogP contribution in [0.4, 0.5) is 4.39 Å². The van der Waals surface area contributed by atoms with Crippen LogP contribution in [-0.4, -0.2) is 49.9 Å². The molecule has 0 saturated carbocycles. The Morgan fingerprint density at radius 3 is 2.76 bits per heavy atom. The van der Waals surface area contributed by atoms with Gasteiger partial charge in [-0.15, -0.1) is 0 Å². The van der Waals surface area contributed by atoms with E-state index >= 15 is 0 Å². The maximum Gasteiger partial charge on any atom is 0.227 e. The van der Waals surface area contributed by atoms with Crippen molar-refractivity contribution >= 4 is 23.2 Å². The van der Waals surface area contributed by atoms with E-state index in [4.69, 9.17) is 25.9 Å². The van der Waals surface area contributed by atoms with Gasteiger partial charge >= 0.3 is 0 Å². The zero-order chi connectivity index (χ0) is 20.5. The number of ether oxygens (including phenoxy) is 2. The lowest BCUT2D eigenvalue weighted by Crippen LogP contribution is -2.32. The molecule has 0 aliphatic carbocycles. The van der Waals surface area contributed by atoms with Crippen molar-refractivity contribution in [1.29, 1.82) is 0 Å². The first-order valence-corrected chi connectivity index (χ1v) is 9.56. The number of likely N-dealkylation sites (tertiary alicyclic amines) is 1. The fraction of sp³-hybridized carbons (Fsp3) is 0.333. The van der Waals surface area contributed by atoms with Gasteiger partial charge in [-0.1, -0.05) is 28.9 Å². The molecule has 2 aromatic rings. The van der Waals surface area contributed by atoms with Crippen LogP contribution >= 0.6 is 11.6 Å². The summed E-state index contributed by atoms with van der Waals surface area (Å²) in [4.78, 5) is 20.0. The molecule has 152 valence electrons. The summed E-state index contributed by atoms with van der Waals surface area (Å²) in [7, 11) is 3.11. The second kappa shape index (κ2) is 7.91. The highest BCUT2D eigenvalue weighted by Crippen LogP contribution is 2.34. The second-order valence-electron chi connectivity index (χ2n) is 6.99. The molecule has 1 saturated heterocycles. The maximum atomic E-state index is 14.3. The number of methoxy groups -OCH3 is 2. The Balaban J connectivity index is 1.48. The number of hydrogen-bond donors (Lipinski definition) is 0. The molecule has 2 atom stereocenters. The van der Waals surface area contributed by atoms with E-state index < -0.39 is 5.82 Å². The summed E-state index contributed by atoms with van der Waals surface area (Å²) in [5, 5.41) is 4.34. The number of halogens is 2. The topological polar surface area (TPSA) is 60.4 Å². The van der Waals surface area contributed by atoms with Crippen molar-refractivity contribution < 1.29 is 23.5 Å². The molecular formula is C21H20ClFN2O4.